The van der Waals surface area contributed by atoms with Gasteiger partial charge in [0.05, 0.1) is 5.56 Å². The largest absolute Gasteiger partial charge is 0.457 e. The molecule has 0 saturated heterocycles. The molecule has 0 aliphatic heterocycles. The van der Waals surface area contributed by atoms with Crippen LogP contribution in [0.15, 0.2) is 46.9 Å². The summed E-state index contributed by atoms with van der Waals surface area (Å²) in [5.41, 5.74) is 12.2. The van der Waals surface area contributed by atoms with Crippen molar-refractivity contribution in [2.45, 2.75) is 6.54 Å². The number of halogens is 1. The Morgan fingerprint density at radius 1 is 1.11 bits per heavy atom. The van der Waals surface area contributed by atoms with Crippen molar-refractivity contribution in [1.82, 2.24) is 0 Å². The predicted octanol–water partition coefficient (Wildman–Crippen LogP) is 2.80. The van der Waals surface area contributed by atoms with Gasteiger partial charge in [0.1, 0.15) is 11.5 Å². The van der Waals surface area contributed by atoms with Crippen LogP contribution in [0.4, 0.5) is 0 Å². The van der Waals surface area contributed by atoms with Crippen LogP contribution >= 0.6 is 15.9 Å². The van der Waals surface area contributed by atoms with E-state index >= 15 is 0 Å². The molecule has 0 bridgehead atoms. The Hall–Kier alpha value is -1.85. The van der Waals surface area contributed by atoms with Crippen LogP contribution < -0.4 is 16.2 Å². The summed E-state index contributed by atoms with van der Waals surface area (Å²) < 4.78 is 6.28. The van der Waals surface area contributed by atoms with Gasteiger partial charge in [0.15, 0.2) is 0 Å². The van der Waals surface area contributed by atoms with Crippen LogP contribution in [0.25, 0.3) is 0 Å². The molecule has 1 amide bonds. The Labute approximate surface area is 119 Å². The lowest BCUT2D eigenvalue weighted by atomic mass is 10.2. The number of primary amides is 1. The molecule has 2 rings (SSSR count). The van der Waals surface area contributed by atoms with Gasteiger partial charge < -0.3 is 16.2 Å². The third-order valence-corrected chi connectivity index (χ3v) is 3.26. The first kappa shape index (κ1) is 13.6. The summed E-state index contributed by atoms with van der Waals surface area (Å²) in [4.78, 5) is 11.1. The van der Waals surface area contributed by atoms with Crippen molar-refractivity contribution in [3.8, 4) is 11.5 Å². The standard InChI is InChI=1S/C14H13BrN2O2/c15-13-7-11(5-6-12(13)14(17)18)19-10-3-1-9(8-16)2-4-10/h1-7H,8,16H2,(H2,17,18). The molecule has 0 fully saturated rings. The summed E-state index contributed by atoms with van der Waals surface area (Å²) in [5.74, 6) is 0.846. The molecule has 2 aromatic carbocycles. The molecule has 19 heavy (non-hydrogen) atoms. The molecule has 0 heterocycles. The van der Waals surface area contributed by atoms with Gasteiger partial charge in [-0.05, 0) is 51.8 Å². The quantitative estimate of drug-likeness (QED) is 0.909. The number of hydrogen-bond acceptors (Lipinski definition) is 3. The monoisotopic (exact) mass is 320 g/mol. The zero-order chi connectivity index (χ0) is 13.8. The van der Waals surface area contributed by atoms with Gasteiger partial charge in [-0.15, -0.1) is 0 Å². The zero-order valence-corrected chi connectivity index (χ0v) is 11.7. The van der Waals surface area contributed by atoms with Gasteiger partial charge in [-0.2, -0.15) is 0 Å². The maximum absolute atomic E-state index is 11.1. The minimum Gasteiger partial charge on any atom is -0.457 e. The smallest absolute Gasteiger partial charge is 0.249 e. The highest BCUT2D eigenvalue weighted by molar-refractivity contribution is 9.10. The van der Waals surface area contributed by atoms with Crippen molar-refractivity contribution in [3.05, 3.63) is 58.1 Å². The van der Waals surface area contributed by atoms with Gasteiger partial charge in [-0.1, -0.05) is 12.1 Å². The molecule has 0 unspecified atom stereocenters. The van der Waals surface area contributed by atoms with Gasteiger partial charge in [0.2, 0.25) is 5.91 Å². The lowest BCUT2D eigenvalue weighted by Crippen LogP contribution is -2.11. The topological polar surface area (TPSA) is 78.3 Å². The fourth-order valence-electron chi connectivity index (χ4n) is 1.59. The third kappa shape index (κ3) is 3.33. The molecule has 0 radical (unpaired) electrons. The molecule has 5 heteroatoms. The second-order valence-corrected chi connectivity index (χ2v) is 4.81. The van der Waals surface area contributed by atoms with E-state index in [-0.39, 0.29) is 0 Å². The van der Waals surface area contributed by atoms with Gasteiger partial charge in [-0.25, -0.2) is 0 Å². The Morgan fingerprint density at radius 3 is 2.26 bits per heavy atom. The minimum absolute atomic E-state index is 0.422. The summed E-state index contributed by atoms with van der Waals surface area (Å²) in [5, 5.41) is 0. The number of benzene rings is 2. The molecular formula is C14H13BrN2O2. The Kier molecular flexibility index (Phi) is 4.19. The molecule has 4 nitrogen and oxygen atoms in total. The summed E-state index contributed by atoms with van der Waals surface area (Å²) in [6.07, 6.45) is 0. The van der Waals surface area contributed by atoms with Crippen LogP contribution in [0.5, 0.6) is 11.5 Å². The first-order valence-corrected chi connectivity index (χ1v) is 6.45. The van der Waals surface area contributed by atoms with E-state index in [1.54, 1.807) is 18.2 Å². The maximum Gasteiger partial charge on any atom is 0.249 e. The Bertz CT molecular complexity index is 597. The fourth-order valence-corrected chi connectivity index (χ4v) is 2.14. The fraction of sp³-hybridized carbons (Fsp3) is 0.0714. The van der Waals surface area contributed by atoms with Crippen molar-refractivity contribution in [2.24, 2.45) is 11.5 Å². The lowest BCUT2D eigenvalue weighted by Gasteiger charge is -2.08. The number of rotatable bonds is 4. The molecule has 0 aliphatic rings. The van der Waals surface area contributed by atoms with E-state index in [9.17, 15) is 4.79 Å². The molecule has 0 atom stereocenters. The number of carbonyl (C=O) groups is 1. The van der Waals surface area contributed by atoms with Crippen molar-refractivity contribution < 1.29 is 9.53 Å². The zero-order valence-electron chi connectivity index (χ0n) is 10.1. The van der Waals surface area contributed by atoms with Gasteiger partial charge in [-0.3, -0.25) is 4.79 Å². The molecule has 98 valence electrons. The van der Waals surface area contributed by atoms with Crippen LogP contribution in [-0.4, -0.2) is 5.91 Å². The highest BCUT2D eigenvalue weighted by Crippen LogP contribution is 2.27. The first-order chi connectivity index (χ1) is 9.10. The second-order valence-electron chi connectivity index (χ2n) is 3.96. The minimum atomic E-state index is -0.481. The summed E-state index contributed by atoms with van der Waals surface area (Å²) in [6, 6.07) is 12.5. The van der Waals surface area contributed by atoms with Crippen molar-refractivity contribution in [3.63, 3.8) is 0 Å². The Morgan fingerprint density at radius 2 is 1.74 bits per heavy atom. The normalized spacial score (nSPS) is 10.2. The van der Waals surface area contributed by atoms with E-state index in [4.69, 9.17) is 16.2 Å². The molecule has 0 aromatic heterocycles. The van der Waals surface area contributed by atoms with Crippen LogP contribution in [0.3, 0.4) is 0 Å². The lowest BCUT2D eigenvalue weighted by molar-refractivity contribution is 0.0999. The van der Waals surface area contributed by atoms with E-state index in [0.29, 0.717) is 28.1 Å². The predicted molar refractivity (Wildman–Crippen MR) is 77.1 cm³/mol. The molecule has 0 aliphatic carbocycles. The van der Waals surface area contributed by atoms with Crippen molar-refractivity contribution >= 4 is 21.8 Å². The van der Waals surface area contributed by atoms with E-state index in [1.807, 2.05) is 24.3 Å². The number of carbonyl (C=O) groups excluding carboxylic acids is 1. The van der Waals surface area contributed by atoms with Gasteiger partial charge in [0.25, 0.3) is 0 Å². The molecule has 2 aromatic rings. The second kappa shape index (κ2) is 5.86. The Balaban J connectivity index is 2.18. The van der Waals surface area contributed by atoms with Crippen LogP contribution in [0, 0.1) is 0 Å². The number of nitrogens with two attached hydrogens (primary N) is 2. The first-order valence-electron chi connectivity index (χ1n) is 5.66. The van der Waals surface area contributed by atoms with Crippen LogP contribution in [0.2, 0.25) is 0 Å². The molecular weight excluding hydrogens is 308 g/mol. The summed E-state index contributed by atoms with van der Waals surface area (Å²) >= 11 is 3.29. The van der Waals surface area contributed by atoms with E-state index in [2.05, 4.69) is 15.9 Å². The SMILES string of the molecule is NCc1ccc(Oc2ccc(C(N)=O)c(Br)c2)cc1. The highest BCUT2D eigenvalue weighted by atomic mass is 79.9. The van der Waals surface area contributed by atoms with Crippen LogP contribution in [-0.2, 0) is 6.54 Å². The average molecular weight is 321 g/mol. The molecule has 0 saturated carbocycles. The summed E-state index contributed by atoms with van der Waals surface area (Å²) in [7, 11) is 0. The van der Waals surface area contributed by atoms with E-state index < -0.39 is 5.91 Å². The highest BCUT2D eigenvalue weighted by Gasteiger charge is 2.07. The van der Waals surface area contributed by atoms with E-state index in [1.165, 1.54) is 0 Å². The number of hydrogen-bond donors (Lipinski definition) is 2. The average Bonchev–Trinajstić information content (AvgIpc) is 2.39. The van der Waals surface area contributed by atoms with E-state index in [0.717, 1.165) is 5.56 Å². The van der Waals surface area contributed by atoms with Crippen molar-refractivity contribution in [1.29, 1.82) is 0 Å². The number of ether oxygens (including phenoxy) is 1. The number of amides is 1. The maximum atomic E-state index is 11.1. The third-order valence-electron chi connectivity index (χ3n) is 2.60. The van der Waals surface area contributed by atoms with Crippen molar-refractivity contribution in [2.75, 3.05) is 0 Å². The molecule has 4 N–H and O–H groups in total. The van der Waals surface area contributed by atoms with Gasteiger partial charge in [0, 0.05) is 11.0 Å². The van der Waals surface area contributed by atoms with Crippen LogP contribution in [0.1, 0.15) is 15.9 Å². The van der Waals surface area contributed by atoms with Gasteiger partial charge >= 0.3 is 0 Å². The molecule has 0 spiro atoms. The summed E-state index contributed by atoms with van der Waals surface area (Å²) in [6.45, 7) is 0.499.